The first-order valence-electron chi connectivity index (χ1n) is 5.52. The molecule has 0 saturated carbocycles. The molecule has 0 bridgehead atoms. The maximum atomic E-state index is 12.3. The number of rotatable bonds is 1. The Balaban J connectivity index is 2.35. The Bertz CT molecular complexity index is 778. The predicted molar refractivity (Wildman–Crippen MR) is 69.0 cm³/mol. The minimum atomic E-state index is -0.192. The van der Waals surface area contributed by atoms with E-state index in [1.54, 1.807) is 36.4 Å². The van der Waals surface area contributed by atoms with Gasteiger partial charge in [0.05, 0.1) is 16.6 Å². The van der Waals surface area contributed by atoms with E-state index < -0.39 is 0 Å². The Kier molecular flexibility index (Phi) is 2.34. The third kappa shape index (κ3) is 1.55. The maximum absolute atomic E-state index is 12.3. The lowest BCUT2D eigenvalue weighted by molar-refractivity contribution is 0.471. The summed E-state index contributed by atoms with van der Waals surface area (Å²) in [6, 6.07) is 13.8. The highest BCUT2D eigenvalue weighted by Crippen LogP contribution is 2.19. The topological polar surface area (TPSA) is 55.1 Å². The molecule has 0 unspecified atom stereocenters. The molecule has 18 heavy (non-hydrogen) atoms. The molecule has 0 atom stereocenters. The van der Waals surface area contributed by atoms with Crippen LogP contribution in [0.15, 0.2) is 59.7 Å². The van der Waals surface area contributed by atoms with E-state index >= 15 is 0 Å². The SMILES string of the molecule is O=c1c2ccccc2ncn1-c1ccccc1O. The Labute approximate surface area is 103 Å². The summed E-state index contributed by atoms with van der Waals surface area (Å²) in [5.74, 6) is 0.0525. The number of aromatic nitrogens is 2. The van der Waals surface area contributed by atoms with Crippen molar-refractivity contribution in [2.24, 2.45) is 0 Å². The van der Waals surface area contributed by atoms with Crippen molar-refractivity contribution in [3.05, 3.63) is 65.2 Å². The number of fused-ring (bicyclic) bond motifs is 1. The van der Waals surface area contributed by atoms with Gasteiger partial charge < -0.3 is 5.11 Å². The molecular weight excluding hydrogens is 228 g/mol. The van der Waals surface area contributed by atoms with E-state index in [2.05, 4.69) is 4.98 Å². The zero-order chi connectivity index (χ0) is 12.5. The Morgan fingerprint density at radius 3 is 2.56 bits per heavy atom. The summed E-state index contributed by atoms with van der Waals surface area (Å²) in [7, 11) is 0. The van der Waals surface area contributed by atoms with E-state index in [1.165, 1.54) is 17.0 Å². The molecule has 1 N–H and O–H groups in total. The fourth-order valence-electron chi connectivity index (χ4n) is 1.91. The van der Waals surface area contributed by atoms with Crippen LogP contribution in [0.5, 0.6) is 5.75 Å². The summed E-state index contributed by atoms with van der Waals surface area (Å²) < 4.78 is 1.34. The normalized spacial score (nSPS) is 10.7. The van der Waals surface area contributed by atoms with E-state index in [0.717, 1.165) is 0 Å². The Morgan fingerprint density at radius 1 is 1.00 bits per heavy atom. The van der Waals surface area contributed by atoms with Gasteiger partial charge in [0.25, 0.3) is 5.56 Å². The van der Waals surface area contributed by atoms with Crippen LogP contribution >= 0.6 is 0 Å². The zero-order valence-corrected chi connectivity index (χ0v) is 9.45. The monoisotopic (exact) mass is 238 g/mol. The first-order chi connectivity index (χ1) is 8.77. The van der Waals surface area contributed by atoms with Crippen LogP contribution in [-0.2, 0) is 0 Å². The number of hydrogen-bond acceptors (Lipinski definition) is 3. The molecular formula is C14H10N2O2. The molecule has 0 saturated heterocycles. The molecule has 0 amide bonds. The van der Waals surface area contributed by atoms with Crippen LogP contribution in [0, 0.1) is 0 Å². The Hall–Kier alpha value is -2.62. The van der Waals surface area contributed by atoms with Crippen molar-refractivity contribution in [1.82, 2.24) is 9.55 Å². The molecule has 4 nitrogen and oxygen atoms in total. The van der Waals surface area contributed by atoms with Gasteiger partial charge in [-0.2, -0.15) is 0 Å². The highest BCUT2D eigenvalue weighted by atomic mass is 16.3. The van der Waals surface area contributed by atoms with Crippen LogP contribution in [0.3, 0.4) is 0 Å². The first kappa shape index (κ1) is 10.5. The van der Waals surface area contributed by atoms with Crippen molar-refractivity contribution < 1.29 is 5.11 Å². The highest BCUT2D eigenvalue weighted by molar-refractivity contribution is 5.77. The van der Waals surface area contributed by atoms with Crippen LogP contribution in [0.4, 0.5) is 0 Å². The maximum Gasteiger partial charge on any atom is 0.265 e. The molecule has 1 aromatic heterocycles. The summed E-state index contributed by atoms with van der Waals surface area (Å²) in [6.45, 7) is 0. The number of para-hydroxylation sites is 3. The molecule has 0 fully saturated rings. The van der Waals surface area contributed by atoms with E-state index in [9.17, 15) is 9.90 Å². The average Bonchev–Trinajstić information content (AvgIpc) is 2.41. The van der Waals surface area contributed by atoms with Gasteiger partial charge in [-0.05, 0) is 24.3 Å². The minimum Gasteiger partial charge on any atom is -0.506 e. The van der Waals surface area contributed by atoms with E-state index in [4.69, 9.17) is 0 Å². The van der Waals surface area contributed by atoms with Gasteiger partial charge in [-0.1, -0.05) is 24.3 Å². The molecule has 4 heteroatoms. The molecule has 88 valence electrons. The van der Waals surface area contributed by atoms with Gasteiger partial charge in [0.1, 0.15) is 12.1 Å². The first-order valence-corrected chi connectivity index (χ1v) is 5.52. The fraction of sp³-hybridized carbons (Fsp3) is 0. The van der Waals surface area contributed by atoms with Crippen molar-refractivity contribution in [1.29, 1.82) is 0 Å². The predicted octanol–water partition coefficient (Wildman–Crippen LogP) is 2.09. The lowest BCUT2D eigenvalue weighted by Crippen LogP contribution is -2.18. The number of phenols is 1. The molecule has 1 heterocycles. The third-order valence-electron chi connectivity index (χ3n) is 2.81. The Morgan fingerprint density at radius 2 is 1.72 bits per heavy atom. The van der Waals surface area contributed by atoms with Gasteiger partial charge in [-0.3, -0.25) is 9.36 Å². The second-order valence-corrected chi connectivity index (χ2v) is 3.93. The number of hydrogen-bond donors (Lipinski definition) is 1. The van der Waals surface area contributed by atoms with E-state index in [0.29, 0.717) is 16.6 Å². The van der Waals surface area contributed by atoms with Crippen molar-refractivity contribution in [3.63, 3.8) is 0 Å². The lowest BCUT2D eigenvalue weighted by atomic mass is 10.2. The highest BCUT2D eigenvalue weighted by Gasteiger charge is 2.07. The molecule has 3 aromatic rings. The summed E-state index contributed by atoms with van der Waals surface area (Å²) in [6.07, 6.45) is 1.43. The summed E-state index contributed by atoms with van der Waals surface area (Å²) in [5.41, 5.74) is 0.886. The summed E-state index contributed by atoms with van der Waals surface area (Å²) >= 11 is 0. The number of nitrogens with zero attached hydrogens (tertiary/aromatic N) is 2. The molecule has 3 rings (SSSR count). The number of aromatic hydroxyl groups is 1. The van der Waals surface area contributed by atoms with Crippen molar-refractivity contribution >= 4 is 10.9 Å². The smallest absolute Gasteiger partial charge is 0.265 e. The van der Waals surface area contributed by atoms with Gasteiger partial charge in [0.2, 0.25) is 0 Å². The fourth-order valence-corrected chi connectivity index (χ4v) is 1.91. The van der Waals surface area contributed by atoms with E-state index in [1.807, 2.05) is 6.07 Å². The van der Waals surface area contributed by atoms with Gasteiger partial charge in [-0.25, -0.2) is 4.98 Å². The number of phenolic OH excluding ortho intramolecular Hbond substituents is 1. The molecule has 0 aliphatic rings. The molecule has 0 aliphatic carbocycles. The van der Waals surface area contributed by atoms with Gasteiger partial charge in [0, 0.05) is 0 Å². The van der Waals surface area contributed by atoms with Crippen LogP contribution in [0.1, 0.15) is 0 Å². The second-order valence-electron chi connectivity index (χ2n) is 3.93. The quantitative estimate of drug-likeness (QED) is 0.706. The minimum absolute atomic E-state index is 0.0525. The summed E-state index contributed by atoms with van der Waals surface area (Å²) in [5, 5.41) is 10.3. The molecule has 0 aliphatic heterocycles. The van der Waals surface area contributed by atoms with Gasteiger partial charge in [0.15, 0.2) is 0 Å². The van der Waals surface area contributed by atoms with Crippen LogP contribution in [0.2, 0.25) is 0 Å². The lowest BCUT2D eigenvalue weighted by Gasteiger charge is -2.07. The molecule has 2 aromatic carbocycles. The third-order valence-corrected chi connectivity index (χ3v) is 2.81. The van der Waals surface area contributed by atoms with Crippen LogP contribution < -0.4 is 5.56 Å². The second kappa shape index (κ2) is 4.00. The molecule has 0 spiro atoms. The zero-order valence-electron chi connectivity index (χ0n) is 9.45. The van der Waals surface area contributed by atoms with E-state index in [-0.39, 0.29) is 11.3 Å². The van der Waals surface area contributed by atoms with Gasteiger partial charge in [-0.15, -0.1) is 0 Å². The van der Waals surface area contributed by atoms with Crippen molar-refractivity contribution in [2.75, 3.05) is 0 Å². The van der Waals surface area contributed by atoms with Crippen molar-refractivity contribution in [2.45, 2.75) is 0 Å². The average molecular weight is 238 g/mol. The summed E-state index contributed by atoms with van der Waals surface area (Å²) in [4.78, 5) is 16.5. The van der Waals surface area contributed by atoms with Crippen molar-refractivity contribution in [3.8, 4) is 11.4 Å². The van der Waals surface area contributed by atoms with Crippen LogP contribution in [0.25, 0.3) is 16.6 Å². The van der Waals surface area contributed by atoms with Gasteiger partial charge >= 0.3 is 0 Å². The number of benzene rings is 2. The standard InChI is InChI=1S/C14H10N2O2/c17-13-8-4-3-7-12(13)16-9-15-11-6-2-1-5-10(11)14(16)18/h1-9,17H. The van der Waals surface area contributed by atoms with Crippen LogP contribution in [-0.4, -0.2) is 14.7 Å². The molecule has 0 radical (unpaired) electrons. The largest absolute Gasteiger partial charge is 0.506 e.